The Labute approximate surface area is 245 Å². The van der Waals surface area contributed by atoms with Crippen LogP contribution in [-0.2, 0) is 26.2 Å². The Kier molecular flexibility index (Phi) is 10.1. The van der Waals surface area contributed by atoms with Crippen LogP contribution >= 0.6 is 23.2 Å². The fourth-order valence-corrected chi connectivity index (χ4v) is 5.61. The molecule has 3 aromatic rings. The smallest absolute Gasteiger partial charge is 0.264 e. The number of methoxy groups -OCH3 is 1. The van der Waals surface area contributed by atoms with Gasteiger partial charge in [-0.05, 0) is 87.9 Å². The second-order valence-electron chi connectivity index (χ2n) is 10.2. The molecule has 3 aromatic carbocycles. The average molecular weight is 607 g/mol. The normalized spacial score (nSPS) is 12.4. The van der Waals surface area contributed by atoms with E-state index in [9.17, 15) is 18.0 Å². The van der Waals surface area contributed by atoms with E-state index in [2.05, 4.69) is 5.32 Å². The molecule has 3 rings (SSSR count). The highest BCUT2D eigenvalue weighted by Crippen LogP contribution is 2.27. The molecule has 0 aromatic heterocycles. The van der Waals surface area contributed by atoms with Gasteiger partial charge < -0.3 is 15.0 Å². The zero-order chi connectivity index (χ0) is 29.7. The first-order valence-electron chi connectivity index (χ1n) is 12.5. The summed E-state index contributed by atoms with van der Waals surface area (Å²) < 4.78 is 33.9. The number of nitrogens with zero attached hydrogens (tertiary/aromatic N) is 2. The third-order valence-corrected chi connectivity index (χ3v) is 8.41. The van der Waals surface area contributed by atoms with E-state index in [1.165, 1.54) is 48.4 Å². The fourth-order valence-electron chi connectivity index (χ4n) is 3.88. The Morgan fingerprint density at radius 2 is 1.55 bits per heavy atom. The van der Waals surface area contributed by atoms with Crippen molar-refractivity contribution in [3.8, 4) is 5.75 Å². The molecular weight excluding hydrogens is 573 g/mol. The van der Waals surface area contributed by atoms with Crippen molar-refractivity contribution in [2.24, 2.45) is 0 Å². The second kappa shape index (κ2) is 12.9. The minimum atomic E-state index is -4.22. The number of hydrogen-bond donors (Lipinski definition) is 1. The second-order valence-corrected chi connectivity index (χ2v) is 12.9. The summed E-state index contributed by atoms with van der Waals surface area (Å²) in [4.78, 5) is 28.4. The molecule has 11 heteroatoms. The molecule has 0 fully saturated rings. The van der Waals surface area contributed by atoms with Crippen LogP contribution in [0.4, 0.5) is 5.69 Å². The van der Waals surface area contributed by atoms with Gasteiger partial charge in [0.25, 0.3) is 10.0 Å². The van der Waals surface area contributed by atoms with Gasteiger partial charge in [0.15, 0.2) is 0 Å². The first-order chi connectivity index (χ1) is 18.7. The molecule has 8 nitrogen and oxygen atoms in total. The number of carbonyl (C=O) groups excluding carboxylic acids is 2. The van der Waals surface area contributed by atoms with Crippen molar-refractivity contribution in [1.29, 1.82) is 0 Å². The Hall–Kier alpha value is -3.27. The zero-order valence-electron chi connectivity index (χ0n) is 23.0. The van der Waals surface area contributed by atoms with Crippen LogP contribution in [0.2, 0.25) is 10.0 Å². The summed E-state index contributed by atoms with van der Waals surface area (Å²) in [6, 6.07) is 18.0. The molecule has 0 bridgehead atoms. The lowest BCUT2D eigenvalue weighted by atomic mass is 10.1. The Morgan fingerprint density at radius 1 is 0.950 bits per heavy atom. The van der Waals surface area contributed by atoms with Crippen LogP contribution < -0.4 is 14.4 Å². The highest BCUT2D eigenvalue weighted by Gasteiger charge is 2.33. The molecule has 0 saturated carbocycles. The lowest BCUT2D eigenvalue weighted by Gasteiger charge is -2.33. The maximum atomic E-state index is 14.0. The van der Waals surface area contributed by atoms with Gasteiger partial charge in [-0.25, -0.2) is 8.42 Å². The first-order valence-corrected chi connectivity index (χ1v) is 14.7. The number of ether oxygens (including phenoxy) is 1. The lowest BCUT2D eigenvalue weighted by Crippen LogP contribution is -2.54. The van der Waals surface area contributed by atoms with Crippen LogP contribution in [0.25, 0.3) is 0 Å². The van der Waals surface area contributed by atoms with Crippen molar-refractivity contribution in [1.82, 2.24) is 10.2 Å². The van der Waals surface area contributed by atoms with E-state index in [1.54, 1.807) is 43.3 Å². The third-order valence-electron chi connectivity index (χ3n) is 6.00. The number of carbonyl (C=O) groups is 2. The molecule has 0 saturated heterocycles. The standard InChI is InChI=1S/C29H33Cl2N3O5S/c1-20(28(36)32-29(2,3)4)33(18-21-8-6-7-9-26(21)31)27(35)19-34(23-12-10-22(30)11-13-23)40(37,38)25-16-14-24(39-5)15-17-25/h6-17,20H,18-19H2,1-5H3,(H,32,36). The van der Waals surface area contributed by atoms with E-state index in [0.29, 0.717) is 21.4 Å². The largest absolute Gasteiger partial charge is 0.497 e. The van der Waals surface area contributed by atoms with Gasteiger partial charge in [-0.1, -0.05) is 41.4 Å². The van der Waals surface area contributed by atoms with Gasteiger partial charge in [-0.2, -0.15) is 0 Å². The summed E-state index contributed by atoms with van der Waals surface area (Å²) in [7, 11) is -2.74. The van der Waals surface area contributed by atoms with E-state index in [4.69, 9.17) is 27.9 Å². The van der Waals surface area contributed by atoms with Crippen LogP contribution in [0.15, 0.2) is 77.7 Å². The van der Waals surface area contributed by atoms with Crippen LogP contribution in [0.1, 0.15) is 33.3 Å². The Morgan fingerprint density at radius 3 is 2.10 bits per heavy atom. The number of hydrogen-bond acceptors (Lipinski definition) is 5. The topological polar surface area (TPSA) is 96.0 Å². The van der Waals surface area contributed by atoms with Gasteiger partial charge in [0.1, 0.15) is 18.3 Å². The molecule has 2 amide bonds. The molecule has 1 unspecified atom stereocenters. The van der Waals surface area contributed by atoms with Gasteiger partial charge in [0, 0.05) is 22.1 Å². The molecule has 0 aliphatic rings. The van der Waals surface area contributed by atoms with E-state index in [1.807, 2.05) is 20.8 Å². The number of anilines is 1. The Balaban J connectivity index is 2.04. The molecule has 0 spiro atoms. The van der Waals surface area contributed by atoms with Crippen molar-refractivity contribution < 1.29 is 22.7 Å². The third kappa shape index (κ3) is 7.90. The van der Waals surface area contributed by atoms with Gasteiger partial charge in [0.05, 0.1) is 17.7 Å². The Bertz CT molecular complexity index is 1440. The number of halogens is 2. The minimum Gasteiger partial charge on any atom is -0.497 e. The molecule has 1 N–H and O–H groups in total. The number of sulfonamides is 1. The molecule has 214 valence electrons. The van der Waals surface area contributed by atoms with Gasteiger partial charge in [-0.15, -0.1) is 0 Å². The van der Waals surface area contributed by atoms with E-state index < -0.39 is 34.1 Å². The molecule has 1 atom stereocenters. The molecule has 0 aliphatic carbocycles. The molecular formula is C29H33Cl2N3O5S. The average Bonchev–Trinajstić information content (AvgIpc) is 2.90. The van der Waals surface area contributed by atoms with Crippen molar-refractivity contribution in [2.75, 3.05) is 18.0 Å². The van der Waals surface area contributed by atoms with E-state index >= 15 is 0 Å². The maximum Gasteiger partial charge on any atom is 0.264 e. The van der Waals surface area contributed by atoms with Gasteiger partial charge in [-0.3, -0.25) is 13.9 Å². The van der Waals surface area contributed by atoms with E-state index in [-0.39, 0.29) is 23.0 Å². The molecule has 40 heavy (non-hydrogen) atoms. The van der Waals surface area contributed by atoms with Gasteiger partial charge in [0.2, 0.25) is 11.8 Å². The number of rotatable bonds is 10. The van der Waals surface area contributed by atoms with Crippen molar-refractivity contribution >= 4 is 50.7 Å². The minimum absolute atomic E-state index is 0.00568. The summed E-state index contributed by atoms with van der Waals surface area (Å²) in [6.45, 7) is 6.52. The quantitative estimate of drug-likeness (QED) is 0.328. The van der Waals surface area contributed by atoms with Crippen LogP contribution in [-0.4, -0.2) is 50.4 Å². The SMILES string of the molecule is COc1ccc(S(=O)(=O)N(CC(=O)N(Cc2ccccc2Cl)C(C)C(=O)NC(C)(C)C)c2ccc(Cl)cc2)cc1. The summed E-state index contributed by atoms with van der Waals surface area (Å²) >= 11 is 12.4. The van der Waals surface area contributed by atoms with Crippen molar-refractivity contribution in [3.63, 3.8) is 0 Å². The van der Waals surface area contributed by atoms with Gasteiger partial charge >= 0.3 is 0 Å². The van der Waals surface area contributed by atoms with Crippen molar-refractivity contribution in [2.45, 2.75) is 50.7 Å². The van der Waals surface area contributed by atoms with Crippen LogP contribution in [0.5, 0.6) is 5.75 Å². The van der Waals surface area contributed by atoms with Crippen LogP contribution in [0, 0.1) is 0 Å². The highest BCUT2D eigenvalue weighted by atomic mass is 35.5. The summed E-state index contributed by atoms with van der Waals surface area (Å²) in [6.07, 6.45) is 0. The molecule has 0 radical (unpaired) electrons. The molecule has 0 heterocycles. The maximum absolute atomic E-state index is 14.0. The predicted molar refractivity (Wildman–Crippen MR) is 158 cm³/mol. The predicted octanol–water partition coefficient (Wildman–Crippen LogP) is 5.53. The summed E-state index contributed by atoms with van der Waals surface area (Å²) in [5.74, 6) is -0.495. The number of benzene rings is 3. The number of amides is 2. The monoisotopic (exact) mass is 605 g/mol. The fraction of sp³-hybridized carbons (Fsp3) is 0.310. The summed E-state index contributed by atoms with van der Waals surface area (Å²) in [5.41, 5.74) is 0.305. The lowest BCUT2D eigenvalue weighted by molar-refractivity contribution is -0.140. The number of nitrogens with one attached hydrogen (secondary N) is 1. The molecule has 0 aliphatic heterocycles. The van der Waals surface area contributed by atoms with E-state index in [0.717, 1.165) is 4.31 Å². The summed E-state index contributed by atoms with van der Waals surface area (Å²) in [5, 5.41) is 3.72. The van der Waals surface area contributed by atoms with Crippen molar-refractivity contribution in [3.05, 3.63) is 88.4 Å². The van der Waals surface area contributed by atoms with Crippen LogP contribution in [0.3, 0.4) is 0 Å². The first kappa shape index (κ1) is 31.3. The zero-order valence-corrected chi connectivity index (χ0v) is 25.3. The highest BCUT2D eigenvalue weighted by molar-refractivity contribution is 7.92.